The Balaban J connectivity index is 3.13. The van der Waals surface area contributed by atoms with E-state index in [1.165, 1.54) is 0 Å². The minimum Gasteiger partial charge on any atom is -0.494 e. The van der Waals surface area contributed by atoms with Gasteiger partial charge in [-0.25, -0.2) is 0 Å². The summed E-state index contributed by atoms with van der Waals surface area (Å²) in [4.78, 5) is 0. The molecule has 0 aliphatic heterocycles. The SMILES string of the molecule is CCOc1cc(C(C)N)c(Br)cc1C. The topological polar surface area (TPSA) is 35.2 Å². The van der Waals surface area contributed by atoms with Crippen molar-refractivity contribution in [3.63, 3.8) is 0 Å². The molecule has 0 amide bonds. The molecule has 1 rings (SSSR count). The molecule has 78 valence electrons. The fourth-order valence-electron chi connectivity index (χ4n) is 1.33. The molecule has 1 aromatic rings. The normalized spacial score (nSPS) is 12.6. The molecule has 0 aliphatic rings. The van der Waals surface area contributed by atoms with Gasteiger partial charge in [0.15, 0.2) is 0 Å². The van der Waals surface area contributed by atoms with Crippen molar-refractivity contribution in [2.24, 2.45) is 5.73 Å². The molecule has 0 aliphatic carbocycles. The minimum absolute atomic E-state index is 0.0178. The number of aryl methyl sites for hydroxylation is 1. The van der Waals surface area contributed by atoms with Crippen molar-refractivity contribution in [3.8, 4) is 5.75 Å². The maximum atomic E-state index is 5.84. The Morgan fingerprint density at radius 3 is 2.64 bits per heavy atom. The predicted molar refractivity (Wildman–Crippen MR) is 62.7 cm³/mol. The molecule has 1 aromatic carbocycles. The first-order valence-corrected chi connectivity index (χ1v) is 5.54. The Morgan fingerprint density at radius 2 is 2.14 bits per heavy atom. The summed E-state index contributed by atoms with van der Waals surface area (Å²) >= 11 is 3.50. The standard InChI is InChI=1S/C11H16BrNO/c1-4-14-11-6-9(8(3)13)10(12)5-7(11)2/h5-6,8H,4,13H2,1-3H3. The first-order chi connectivity index (χ1) is 6.56. The summed E-state index contributed by atoms with van der Waals surface area (Å²) in [7, 11) is 0. The van der Waals surface area contributed by atoms with E-state index in [0.29, 0.717) is 6.61 Å². The molecule has 0 fully saturated rings. The lowest BCUT2D eigenvalue weighted by molar-refractivity contribution is 0.337. The van der Waals surface area contributed by atoms with E-state index < -0.39 is 0 Å². The highest BCUT2D eigenvalue weighted by Gasteiger charge is 2.09. The van der Waals surface area contributed by atoms with Crippen molar-refractivity contribution in [3.05, 3.63) is 27.7 Å². The number of hydrogen-bond donors (Lipinski definition) is 1. The van der Waals surface area contributed by atoms with Gasteiger partial charge in [-0.2, -0.15) is 0 Å². The van der Waals surface area contributed by atoms with Crippen molar-refractivity contribution >= 4 is 15.9 Å². The molecule has 0 radical (unpaired) electrons. The highest BCUT2D eigenvalue weighted by Crippen LogP contribution is 2.29. The van der Waals surface area contributed by atoms with Crippen molar-refractivity contribution in [2.75, 3.05) is 6.61 Å². The number of rotatable bonds is 3. The number of benzene rings is 1. The first kappa shape index (κ1) is 11.5. The molecule has 0 heterocycles. The molecule has 2 nitrogen and oxygen atoms in total. The second-order valence-corrected chi connectivity index (χ2v) is 4.22. The van der Waals surface area contributed by atoms with Crippen LogP contribution >= 0.6 is 15.9 Å². The number of ether oxygens (including phenoxy) is 1. The van der Waals surface area contributed by atoms with Crippen LogP contribution in [0.1, 0.15) is 31.0 Å². The van der Waals surface area contributed by atoms with E-state index in [4.69, 9.17) is 10.5 Å². The third-order valence-electron chi connectivity index (χ3n) is 2.08. The highest BCUT2D eigenvalue weighted by atomic mass is 79.9. The second-order valence-electron chi connectivity index (χ2n) is 3.36. The van der Waals surface area contributed by atoms with Crippen LogP contribution < -0.4 is 10.5 Å². The van der Waals surface area contributed by atoms with Crippen LogP contribution in [0.15, 0.2) is 16.6 Å². The lowest BCUT2D eigenvalue weighted by atomic mass is 10.1. The zero-order valence-corrected chi connectivity index (χ0v) is 10.4. The summed E-state index contributed by atoms with van der Waals surface area (Å²) in [6.45, 7) is 6.65. The third kappa shape index (κ3) is 2.49. The van der Waals surface area contributed by atoms with Crippen molar-refractivity contribution < 1.29 is 4.74 Å². The molecule has 1 unspecified atom stereocenters. The summed E-state index contributed by atoms with van der Waals surface area (Å²) in [5, 5.41) is 0. The molecule has 0 aromatic heterocycles. The summed E-state index contributed by atoms with van der Waals surface area (Å²) < 4.78 is 6.56. The van der Waals surface area contributed by atoms with Crippen LogP contribution in [0, 0.1) is 6.92 Å². The number of hydrogen-bond acceptors (Lipinski definition) is 2. The van der Waals surface area contributed by atoms with Crippen LogP contribution in [0.25, 0.3) is 0 Å². The van der Waals surface area contributed by atoms with Gasteiger partial charge in [-0.05, 0) is 44.0 Å². The van der Waals surface area contributed by atoms with Gasteiger partial charge >= 0.3 is 0 Å². The van der Waals surface area contributed by atoms with Gasteiger partial charge in [0.1, 0.15) is 5.75 Å². The molecular weight excluding hydrogens is 242 g/mol. The minimum atomic E-state index is 0.0178. The fourth-order valence-corrected chi connectivity index (χ4v) is 2.15. The maximum Gasteiger partial charge on any atom is 0.122 e. The van der Waals surface area contributed by atoms with Crippen LogP contribution in [0.2, 0.25) is 0 Å². The Hall–Kier alpha value is -0.540. The Labute approximate surface area is 93.6 Å². The van der Waals surface area contributed by atoms with E-state index in [-0.39, 0.29) is 6.04 Å². The van der Waals surface area contributed by atoms with E-state index >= 15 is 0 Å². The third-order valence-corrected chi connectivity index (χ3v) is 2.77. The molecule has 14 heavy (non-hydrogen) atoms. The number of nitrogens with two attached hydrogens (primary N) is 1. The molecule has 0 spiro atoms. The van der Waals surface area contributed by atoms with E-state index in [0.717, 1.165) is 21.3 Å². The molecule has 2 N–H and O–H groups in total. The lowest BCUT2D eigenvalue weighted by Gasteiger charge is -2.13. The van der Waals surface area contributed by atoms with Gasteiger partial charge in [0.05, 0.1) is 6.61 Å². The van der Waals surface area contributed by atoms with Crippen molar-refractivity contribution in [1.29, 1.82) is 0 Å². The van der Waals surface area contributed by atoms with Crippen LogP contribution in [-0.4, -0.2) is 6.61 Å². The quantitative estimate of drug-likeness (QED) is 0.903. The predicted octanol–water partition coefficient (Wildman–Crippen LogP) is 3.18. The second kappa shape index (κ2) is 4.80. The molecule has 0 saturated heterocycles. The highest BCUT2D eigenvalue weighted by molar-refractivity contribution is 9.10. The van der Waals surface area contributed by atoms with Gasteiger partial charge in [-0.1, -0.05) is 15.9 Å². The molecule has 0 saturated carbocycles. The monoisotopic (exact) mass is 257 g/mol. The van der Waals surface area contributed by atoms with Gasteiger partial charge in [-0.3, -0.25) is 0 Å². The Kier molecular flexibility index (Phi) is 3.96. The van der Waals surface area contributed by atoms with Crippen molar-refractivity contribution in [1.82, 2.24) is 0 Å². The van der Waals surface area contributed by atoms with E-state index in [2.05, 4.69) is 15.9 Å². The zero-order chi connectivity index (χ0) is 10.7. The van der Waals surface area contributed by atoms with Gasteiger partial charge in [-0.15, -0.1) is 0 Å². The van der Waals surface area contributed by atoms with Crippen LogP contribution in [-0.2, 0) is 0 Å². The maximum absolute atomic E-state index is 5.84. The number of halogens is 1. The summed E-state index contributed by atoms with van der Waals surface area (Å²) in [5.74, 6) is 0.919. The Morgan fingerprint density at radius 1 is 1.50 bits per heavy atom. The van der Waals surface area contributed by atoms with Crippen LogP contribution in [0.5, 0.6) is 5.75 Å². The summed E-state index contributed by atoms with van der Waals surface area (Å²) in [5.41, 5.74) is 8.05. The van der Waals surface area contributed by atoms with Crippen molar-refractivity contribution in [2.45, 2.75) is 26.8 Å². The van der Waals surface area contributed by atoms with Gasteiger partial charge < -0.3 is 10.5 Å². The van der Waals surface area contributed by atoms with E-state index in [1.54, 1.807) is 0 Å². The largest absolute Gasteiger partial charge is 0.494 e. The van der Waals surface area contributed by atoms with Crippen LogP contribution in [0.3, 0.4) is 0 Å². The van der Waals surface area contributed by atoms with E-state index in [1.807, 2.05) is 32.9 Å². The average Bonchev–Trinajstić information content (AvgIpc) is 2.09. The zero-order valence-electron chi connectivity index (χ0n) is 8.80. The van der Waals surface area contributed by atoms with E-state index in [9.17, 15) is 0 Å². The molecule has 3 heteroatoms. The first-order valence-electron chi connectivity index (χ1n) is 4.74. The summed E-state index contributed by atoms with van der Waals surface area (Å²) in [6, 6.07) is 4.07. The molecule has 1 atom stereocenters. The van der Waals surface area contributed by atoms with Gasteiger partial charge in [0.25, 0.3) is 0 Å². The average molecular weight is 258 g/mol. The lowest BCUT2D eigenvalue weighted by Crippen LogP contribution is -2.07. The molecular formula is C11H16BrNO. The van der Waals surface area contributed by atoms with Crippen LogP contribution in [0.4, 0.5) is 0 Å². The Bertz CT molecular complexity index is 323. The van der Waals surface area contributed by atoms with Gasteiger partial charge in [0, 0.05) is 10.5 Å². The molecule has 0 bridgehead atoms. The van der Waals surface area contributed by atoms with Gasteiger partial charge in [0.2, 0.25) is 0 Å². The smallest absolute Gasteiger partial charge is 0.122 e. The summed E-state index contributed by atoms with van der Waals surface area (Å²) in [6.07, 6.45) is 0. The fraction of sp³-hybridized carbons (Fsp3) is 0.455.